The fourth-order valence-electron chi connectivity index (χ4n) is 3.87. The molecule has 1 N–H and O–H groups in total. The number of nitrogens with zero attached hydrogens (tertiary/aromatic N) is 3. The molecule has 0 saturated carbocycles. The molecule has 0 saturated heterocycles. The number of hydrogen-bond acceptors (Lipinski definition) is 6. The highest BCUT2D eigenvalue weighted by molar-refractivity contribution is 5.81. The van der Waals surface area contributed by atoms with Crippen LogP contribution in [0, 0.1) is 10.1 Å². The Labute approximate surface area is 208 Å². The van der Waals surface area contributed by atoms with Gasteiger partial charge in [-0.1, -0.05) is 24.3 Å². The standard InChI is InChI=1S/C27H26N4O5/c1-35-24-13-10-19(25(17-24)36-2)14-15-28-26(32)16-21-18-30(22-6-4-3-5-7-22)29-27(21)20-8-11-23(12-9-20)31(33)34/h3-13,17-18H,14-16H2,1-2H3,(H,28,32). The summed E-state index contributed by atoms with van der Waals surface area (Å²) in [6, 6.07) is 21.3. The molecule has 9 heteroatoms. The Kier molecular flexibility index (Phi) is 7.60. The van der Waals surface area contributed by atoms with Crippen LogP contribution in [0.1, 0.15) is 11.1 Å². The molecule has 184 valence electrons. The van der Waals surface area contributed by atoms with Crippen LogP contribution in [-0.2, 0) is 17.6 Å². The number of nitrogens with one attached hydrogen (secondary N) is 1. The van der Waals surface area contributed by atoms with E-state index < -0.39 is 4.92 Å². The second kappa shape index (κ2) is 11.2. The Bertz CT molecular complexity index is 1350. The van der Waals surface area contributed by atoms with E-state index in [1.165, 1.54) is 12.1 Å². The summed E-state index contributed by atoms with van der Waals surface area (Å²) in [6.07, 6.45) is 2.52. The fourth-order valence-corrected chi connectivity index (χ4v) is 3.87. The monoisotopic (exact) mass is 486 g/mol. The van der Waals surface area contributed by atoms with Gasteiger partial charge in [0.1, 0.15) is 11.5 Å². The minimum Gasteiger partial charge on any atom is -0.497 e. The second-order valence-corrected chi connectivity index (χ2v) is 8.04. The predicted octanol–water partition coefficient (Wildman–Crippen LogP) is 4.37. The maximum Gasteiger partial charge on any atom is 0.269 e. The highest BCUT2D eigenvalue weighted by Crippen LogP contribution is 2.27. The van der Waals surface area contributed by atoms with E-state index >= 15 is 0 Å². The fraction of sp³-hybridized carbons (Fsp3) is 0.185. The van der Waals surface area contributed by atoms with Crippen LogP contribution < -0.4 is 14.8 Å². The van der Waals surface area contributed by atoms with E-state index in [4.69, 9.17) is 9.47 Å². The zero-order valence-corrected chi connectivity index (χ0v) is 20.0. The summed E-state index contributed by atoms with van der Waals surface area (Å²) in [7, 11) is 3.19. The number of carbonyl (C=O) groups excluding carboxylic acids is 1. The molecule has 3 aromatic carbocycles. The molecule has 4 aromatic rings. The molecular formula is C27H26N4O5. The van der Waals surface area contributed by atoms with E-state index in [2.05, 4.69) is 10.4 Å². The number of nitro groups is 1. The van der Waals surface area contributed by atoms with Gasteiger partial charge in [0.2, 0.25) is 5.91 Å². The summed E-state index contributed by atoms with van der Waals surface area (Å²) in [5, 5.41) is 18.7. The average molecular weight is 487 g/mol. The molecule has 0 radical (unpaired) electrons. The average Bonchev–Trinajstić information content (AvgIpc) is 3.33. The van der Waals surface area contributed by atoms with Crippen molar-refractivity contribution < 1.29 is 19.2 Å². The van der Waals surface area contributed by atoms with Gasteiger partial charge in [-0.15, -0.1) is 0 Å². The third kappa shape index (κ3) is 5.69. The van der Waals surface area contributed by atoms with Gasteiger partial charge < -0.3 is 14.8 Å². The van der Waals surface area contributed by atoms with Gasteiger partial charge in [-0.2, -0.15) is 5.10 Å². The van der Waals surface area contributed by atoms with Gasteiger partial charge in [0.05, 0.1) is 36.9 Å². The molecule has 4 rings (SSSR count). The first-order valence-corrected chi connectivity index (χ1v) is 11.3. The van der Waals surface area contributed by atoms with Crippen LogP contribution in [0.3, 0.4) is 0 Å². The Morgan fingerprint density at radius 2 is 1.75 bits per heavy atom. The van der Waals surface area contributed by atoms with Crippen molar-refractivity contribution >= 4 is 11.6 Å². The normalized spacial score (nSPS) is 10.6. The van der Waals surface area contributed by atoms with Gasteiger partial charge in [-0.25, -0.2) is 4.68 Å². The zero-order valence-electron chi connectivity index (χ0n) is 20.0. The number of rotatable bonds is 10. The minimum absolute atomic E-state index is 0.00510. The first-order chi connectivity index (χ1) is 17.5. The number of carbonyl (C=O) groups is 1. The molecule has 1 heterocycles. The summed E-state index contributed by atoms with van der Waals surface area (Å²) >= 11 is 0. The molecule has 0 aliphatic heterocycles. The number of non-ortho nitro benzene ring substituents is 1. The number of nitro benzene ring substituents is 1. The van der Waals surface area contributed by atoms with Gasteiger partial charge in [0.15, 0.2) is 0 Å². The summed E-state index contributed by atoms with van der Waals surface area (Å²) in [4.78, 5) is 23.4. The predicted molar refractivity (Wildman–Crippen MR) is 136 cm³/mol. The van der Waals surface area contributed by atoms with E-state index in [0.717, 1.165) is 11.3 Å². The van der Waals surface area contributed by atoms with Crippen molar-refractivity contribution in [3.05, 3.63) is 100 Å². The van der Waals surface area contributed by atoms with E-state index in [1.807, 2.05) is 54.7 Å². The Balaban J connectivity index is 1.50. The van der Waals surface area contributed by atoms with Crippen LogP contribution in [0.25, 0.3) is 16.9 Å². The van der Waals surface area contributed by atoms with Crippen molar-refractivity contribution in [2.75, 3.05) is 20.8 Å². The first-order valence-electron chi connectivity index (χ1n) is 11.3. The van der Waals surface area contributed by atoms with Crippen LogP contribution in [-0.4, -0.2) is 41.4 Å². The molecule has 1 amide bonds. The smallest absolute Gasteiger partial charge is 0.269 e. The quantitative estimate of drug-likeness (QED) is 0.263. The highest BCUT2D eigenvalue weighted by Gasteiger charge is 2.17. The lowest BCUT2D eigenvalue weighted by Crippen LogP contribution is -2.27. The number of para-hydroxylation sites is 1. The lowest BCUT2D eigenvalue weighted by atomic mass is 10.1. The molecule has 0 bridgehead atoms. The van der Waals surface area contributed by atoms with E-state index in [0.29, 0.717) is 41.3 Å². The molecule has 36 heavy (non-hydrogen) atoms. The van der Waals surface area contributed by atoms with Gasteiger partial charge in [-0.05, 0) is 42.3 Å². The summed E-state index contributed by atoms with van der Waals surface area (Å²) in [5.74, 6) is 1.25. The lowest BCUT2D eigenvalue weighted by molar-refractivity contribution is -0.384. The third-order valence-electron chi connectivity index (χ3n) is 5.72. The summed E-state index contributed by atoms with van der Waals surface area (Å²) in [5.41, 5.74) is 3.81. The van der Waals surface area contributed by atoms with Crippen LogP contribution in [0.2, 0.25) is 0 Å². The van der Waals surface area contributed by atoms with E-state index in [-0.39, 0.29) is 18.0 Å². The van der Waals surface area contributed by atoms with Crippen LogP contribution in [0.4, 0.5) is 5.69 Å². The van der Waals surface area contributed by atoms with Gasteiger partial charge in [0.25, 0.3) is 5.69 Å². The van der Waals surface area contributed by atoms with Crippen LogP contribution >= 0.6 is 0 Å². The summed E-state index contributed by atoms with van der Waals surface area (Å²) < 4.78 is 12.4. The highest BCUT2D eigenvalue weighted by atomic mass is 16.6. The van der Waals surface area contributed by atoms with Gasteiger partial charge >= 0.3 is 0 Å². The molecule has 0 unspecified atom stereocenters. The van der Waals surface area contributed by atoms with Crippen molar-refractivity contribution in [2.24, 2.45) is 0 Å². The van der Waals surface area contributed by atoms with Crippen molar-refractivity contribution in [3.8, 4) is 28.4 Å². The SMILES string of the molecule is COc1ccc(CCNC(=O)Cc2cn(-c3ccccc3)nc2-c2ccc([N+](=O)[O-])cc2)c(OC)c1. The molecule has 9 nitrogen and oxygen atoms in total. The first kappa shape index (κ1) is 24.5. The van der Waals surface area contributed by atoms with Crippen molar-refractivity contribution in [1.29, 1.82) is 0 Å². The Morgan fingerprint density at radius 3 is 2.42 bits per heavy atom. The topological polar surface area (TPSA) is 109 Å². The Hall–Kier alpha value is -4.66. The van der Waals surface area contributed by atoms with Crippen molar-refractivity contribution in [3.63, 3.8) is 0 Å². The van der Waals surface area contributed by atoms with Crippen molar-refractivity contribution in [1.82, 2.24) is 15.1 Å². The number of amides is 1. The molecule has 0 aliphatic rings. The Morgan fingerprint density at radius 1 is 1.00 bits per heavy atom. The molecular weight excluding hydrogens is 460 g/mol. The lowest BCUT2D eigenvalue weighted by Gasteiger charge is -2.11. The molecule has 0 fully saturated rings. The third-order valence-corrected chi connectivity index (χ3v) is 5.72. The maximum absolute atomic E-state index is 12.8. The minimum atomic E-state index is -0.446. The van der Waals surface area contributed by atoms with E-state index in [9.17, 15) is 14.9 Å². The van der Waals surface area contributed by atoms with Crippen LogP contribution in [0.5, 0.6) is 11.5 Å². The number of aromatic nitrogens is 2. The number of ether oxygens (including phenoxy) is 2. The van der Waals surface area contributed by atoms with Gasteiger partial charge in [0, 0.05) is 42.1 Å². The van der Waals surface area contributed by atoms with Crippen molar-refractivity contribution in [2.45, 2.75) is 12.8 Å². The molecule has 0 atom stereocenters. The number of hydrogen-bond donors (Lipinski definition) is 1. The number of methoxy groups -OCH3 is 2. The zero-order chi connectivity index (χ0) is 25.5. The van der Waals surface area contributed by atoms with Crippen LogP contribution in [0.15, 0.2) is 79.0 Å². The van der Waals surface area contributed by atoms with Gasteiger partial charge in [-0.3, -0.25) is 14.9 Å². The number of benzene rings is 3. The molecule has 0 spiro atoms. The summed E-state index contributed by atoms with van der Waals surface area (Å²) in [6.45, 7) is 0.432. The molecule has 0 aliphatic carbocycles. The van der Waals surface area contributed by atoms with E-state index in [1.54, 1.807) is 31.0 Å². The maximum atomic E-state index is 12.8. The second-order valence-electron chi connectivity index (χ2n) is 8.04. The molecule has 1 aromatic heterocycles. The largest absolute Gasteiger partial charge is 0.497 e.